The van der Waals surface area contributed by atoms with Crippen LogP contribution in [0.1, 0.15) is 21.5 Å². The van der Waals surface area contributed by atoms with Crippen LogP contribution in [0.5, 0.6) is 28.7 Å². The molecule has 0 saturated carbocycles. The van der Waals surface area contributed by atoms with Gasteiger partial charge in [0.05, 0.1) is 26.9 Å². The Bertz CT molecular complexity index is 1070. The summed E-state index contributed by atoms with van der Waals surface area (Å²) in [5.41, 5.74) is 1.87. The maximum Gasteiger partial charge on any atom is 0.189 e. The highest BCUT2D eigenvalue weighted by atomic mass is 16.5. The summed E-state index contributed by atoms with van der Waals surface area (Å²) in [7, 11) is 4.65. The van der Waals surface area contributed by atoms with Crippen molar-refractivity contribution in [3.8, 4) is 28.7 Å². The number of ketones is 1. The summed E-state index contributed by atoms with van der Waals surface area (Å²) in [5.74, 6) is 2.07. The van der Waals surface area contributed by atoms with Crippen molar-refractivity contribution < 1.29 is 28.8 Å². The number of hydrogen-bond acceptors (Lipinski definition) is 6. The van der Waals surface area contributed by atoms with Gasteiger partial charge in [0.2, 0.25) is 0 Å². The summed E-state index contributed by atoms with van der Waals surface area (Å²) in [5, 5.41) is 10.3. The molecule has 0 aliphatic carbocycles. The van der Waals surface area contributed by atoms with Crippen molar-refractivity contribution in [3.05, 3.63) is 83.4 Å². The van der Waals surface area contributed by atoms with Crippen LogP contribution in [0.25, 0.3) is 6.08 Å². The minimum Gasteiger partial charge on any atom is -0.507 e. The van der Waals surface area contributed by atoms with Gasteiger partial charge in [-0.15, -0.1) is 0 Å². The number of phenolic OH excluding ortho intramolecular Hbond substituents is 1. The Morgan fingerprint density at radius 2 is 1.52 bits per heavy atom. The highest BCUT2D eigenvalue weighted by Gasteiger charge is 2.11. The third-order valence-electron chi connectivity index (χ3n) is 4.65. The van der Waals surface area contributed by atoms with Gasteiger partial charge >= 0.3 is 0 Å². The molecule has 0 aromatic heterocycles. The Hall–Kier alpha value is -3.93. The monoisotopic (exact) mass is 420 g/mol. The lowest BCUT2D eigenvalue weighted by Crippen LogP contribution is -1.99. The van der Waals surface area contributed by atoms with E-state index < -0.39 is 0 Å². The normalized spacial score (nSPS) is 10.7. The van der Waals surface area contributed by atoms with Gasteiger partial charge in [0.1, 0.15) is 35.4 Å². The molecule has 160 valence electrons. The molecule has 1 N–H and O–H groups in total. The van der Waals surface area contributed by atoms with E-state index in [0.717, 1.165) is 11.3 Å². The molecule has 0 amide bonds. The smallest absolute Gasteiger partial charge is 0.189 e. The van der Waals surface area contributed by atoms with E-state index in [9.17, 15) is 9.90 Å². The van der Waals surface area contributed by atoms with Crippen LogP contribution in [0.2, 0.25) is 0 Å². The van der Waals surface area contributed by atoms with Crippen molar-refractivity contribution in [2.24, 2.45) is 0 Å². The van der Waals surface area contributed by atoms with Crippen molar-refractivity contribution >= 4 is 11.9 Å². The Morgan fingerprint density at radius 3 is 2.16 bits per heavy atom. The third kappa shape index (κ3) is 5.57. The predicted molar refractivity (Wildman–Crippen MR) is 118 cm³/mol. The molecule has 0 fully saturated rings. The number of aromatic hydroxyl groups is 1. The molecule has 0 saturated heterocycles. The summed E-state index contributed by atoms with van der Waals surface area (Å²) >= 11 is 0. The zero-order valence-corrected chi connectivity index (χ0v) is 17.6. The van der Waals surface area contributed by atoms with Gasteiger partial charge < -0.3 is 24.1 Å². The number of ether oxygens (including phenoxy) is 4. The number of allylic oxidation sites excluding steroid dienone is 1. The molecule has 0 aliphatic rings. The van der Waals surface area contributed by atoms with Gasteiger partial charge in [0, 0.05) is 17.7 Å². The topological polar surface area (TPSA) is 74.2 Å². The van der Waals surface area contributed by atoms with Crippen LogP contribution in [0.15, 0.2) is 66.7 Å². The fourth-order valence-corrected chi connectivity index (χ4v) is 2.90. The second kappa shape index (κ2) is 10.2. The SMILES string of the molecule is COc1ccc(COc2ccc(C=CC(=O)c3ccc(OC)cc3OC)c(O)c2)cc1. The molecule has 6 heteroatoms. The summed E-state index contributed by atoms with van der Waals surface area (Å²) in [6.07, 6.45) is 2.94. The molecule has 0 unspecified atom stereocenters. The second-order valence-electron chi connectivity index (χ2n) is 6.62. The van der Waals surface area contributed by atoms with Crippen molar-refractivity contribution in [1.82, 2.24) is 0 Å². The molecule has 0 atom stereocenters. The molecule has 0 radical (unpaired) electrons. The Labute approximate surface area is 181 Å². The number of rotatable bonds is 9. The number of phenols is 1. The first-order valence-corrected chi connectivity index (χ1v) is 9.57. The second-order valence-corrected chi connectivity index (χ2v) is 6.62. The lowest BCUT2D eigenvalue weighted by atomic mass is 10.1. The number of hydrogen-bond donors (Lipinski definition) is 1. The highest BCUT2D eigenvalue weighted by molar-refractivity contribution is 6.08. The molecule has 3 aromatic carbocycles. The molecule has 0 aliphatic heterocycles. The first-order chi connectivity index (χ1) is 15.0. The Balaban J connectivity index is 1.67. The van der Waals surface area contributed by atoms with E-state index in [-0.39, 0.29) is 11.5 Å². The van der Waals surface area contributed by atoms with Crippen LogP contribution in [-0.4, -0.2) is 32.2 Å². The van der Waals surface area contributed by atoms with Crippen molar-refractivity contribution in [1.29, 1.82) is 0 Å². The predicted octanol–water partition coefficient (Wildman–Crippen LogP) is 4.89. The van der Waals surface area contributed by atoms with Gasteiger partial charge in [-0.05, 0) is 54.1 Å². The van der Waals surface area contributed by atoms with Gasteiger partial charge in [0.25, 0.3) is 0 Å². The van der Waals surface area contributed by atoms with Crippen LogP contribution < -0.4 is 18.9 Å². The van der Waals surface area contributed by atoms with E-state index in [1.165, 1.54) is 19.3 Å². The molecule has 3 aromatic rings. The fourth-order valence-electron chi connectivity index (χ4n) is 2.90. The molecule has 31 heavy (non-hydrogen) atoms. The summed E-state index contributed by atoms with van der Waals surface area (Å²) in [6.45, 7) is 0.356. The van der Waals surface area contributed by atoms with E-state index >= 15 is 0 Å². The molecular weight excluding hydrogens is 396 g/mol. The first kappa shape index (κ1) is 21.8. The summed E-state index contributed by atoms with van der Waals surface area (Å²) in [4.78, 5) is 12.6. The largest absolute Gasteiger partial charge is 0.507 e. The zero-order chi connectivity index (χ0) is 22.2. The minimum absolute atomic E-state index is 0.0120. The minimum atomic E-state index is -0.251. The zero-order valence-electron chi connectivity index (χ0n) is 17.6. The van der Waals surface area contributed by atoms with Gasteiger partial charge in [-0.3, -0.25) is 4.79 Å². The molecule has 0 spiro atoms. The molecule has 0 bridgehead atoms. The summed E-state index contributed by atoms with van der Waals surface area (Å²) < 4.78 is 21.3. The van der Waals surface area contributed by atoms with E-state index in [4.69, 9.17) is 18.9 Å². The number of methoxy groups -OCH3 is 3. The standard InChI is InChI=1S/C25H24O6/c1-28-19-8-4-17(5-9-19)16-31-21-10-6-18(24(27)14-21)7-13-23(26)22-12-11-20(29-2)15-25(22)30-3/h4-15,27H,16H2,1-3H3. The van der Waals surface area contributed by atoms with Crippen LogP contribution in [0, 0.1) is 0 Å². The Kier molecular flexibility index (Phi) is 7.17. The number of carbonyl (C=O) groups is 1. The van der Waals surface area contributed by atoms with Gasteiger partial charge in [-0.1, -0.05) is 12.1 Å². The maximum absolute atomic E-state index is 12.6. The average Bonchev–Trinajstić information content (AvgIpc) is 2.81. The van der Waals surface area contributed by atoms with Gasteiger partial charge in [-0.2, -0.15) is 0 Å². The highest BCUT2D eigenvalue weighted by Crippen LogP contribution is 2.28. The number of benzene rings is 3. The fraction of sp³-hybridized carbons (Fsp3) is 0.160. The summed E-state index contributed by atoms with van der Waals surface area (Å²) in [6, 6.07) is 17.5. The molecule has 3 rings (SSSR count). The van der Waals surface area contributed by atoms with E-state index in [0.29, 0.717) is 35.0 Å². The van der Waals surface area contributed by atoms with Gasteiger partial charge in [-0.25, -0.2) is 0 Å². The van der Waals surface area contributed by atoms with Crippen molar-refractivity contribution in [2.45, 2.75) is 6.61 Å². The van der Waals surface area contributed by atoms with Crippen LogP contribution in [-0.2, 0) is 6.61 Å². The molecule has 6 nitrogen and oxygen atoms in total. The van der Waals surface area contributed by atoms with Crippen molar-refractivity contribution in [2.75, 3.05) is 21.3 Å². The Morgan fingerprint density at radius 1 is 0.839 bits per heavy atom. The molecule has 0 heterocycles. The average molecular weight is 420 g/mol. The lowest BCUT2D eigenvalue weighted by Gasteiger charge is -2.09. The lowest BCUT2D eigenvalue weighted by molar-refractivity contribution is 0.104. The van der Waals surface area contributed by atoms with E-state index in [1.807, 2.05) is 24.3 Å². The van der Waals surface area contributed by atoms with E-state index in [1.54, 1.807) is 50.6 Å². The van der Waals surface area contributed by atoms with E-state index in [2.05, 4.69) is 0 Å². The quantitative estimate of drug-likeness (QED) is 0.392. The van der Waals surface area contributed by atoms with Gasteiger partial charge in [0.15, 0.2) is 5.78 Å². The van der Waals surface area contributed by atoms with Crippen molar-refractivity contribution in [3.63, 3.8) is 0 Å². The maximum atomic E-state index is 12.6. The molecular formula is C25H24O6. The first-order valence-electron chi connectivity index (χ1n) is 9.57. The van der Waals surface area contributed by atoms with Crippen LogP contribution in [0.4, 0.5) is 0 Å². The van der Waals surface area contributed by atoms with Crippen LogP contribution in [0.3, 0.4) is 0 Å². The third-order valence-corrected chi connectivity index (χ3v) is 4.65. The van der Waals surface area contributed by atoms with Crippen LogP contribution >= 0.6 is 0 Å². The number of carbonyl (C=O) groups excluding carboxylic acids is 1.